The Bertz CT molecular complexity index is 683. The second-order valence-electron chi connectivity index (χ2n) is 6.74. The highest BCUT2D eigenvalue weighted by Gasteiger charge is 2.48. The van der Waals surface area contributed by atoms with E-state index in [0.717, 1.165) is 32.2 Å². The third-order valence-electron chi connectivity index (χ3n) is 4.84. The fraction of sp³-hybridized carbons (Fsp3) is 0.857. The van der Waals surface area contributed by atoms with Gasteiger partial charge in [-0.05, 0) is 25.7 Å². The lowest BCUT2D eigenvalue weighted by Gasteiger charge is -2.47. The summed E-state index contributed by atoms with van der Waals surface area (Å²) in [5.41, 5.74) is -0.471. The molecule has 3 fully saturated rings. The van der Waals surface area contributed by atoms with Crippen molar-refractivity contribution in [3.05, 3.63) is 5.89 Å². The van der Waals surface area contributed by atoms with E-state index in [4.69, 9.17) is 9.15 Å². The molecular formula is C14H22N4O4S. The number of sulfonamides is 1. The number of hydrogen-bond donors (Lipinski definition) is 0. The molecule has 1 unspecified atom stereocenters. The minimum absolute atomic E-state index is 0.170. The maximum absolute atomic E-state index is 12.5. The first-order valence-corrected chi connectivity index (χ1v) is 9.67. The minimum atomic E-state index is -3.16. The zero-order valence-corrected chi connectivity index (χ0v) is 14.1. The largest absolute Gasteiger partial charge is 0.408 e. The minimum Gasteiger partial charge on any atom is -0.408 e. The summed E-state index contributed by atoms with van der Waals surface area (Å²) >= 11 is 0. The molecule has 0 bridgehead atoms. The van der Waals surface area contributed by atoms with Crippen molar-refractivity contribution in [2.75, 3.05) is 37.7 Å². The van der Waals surface area contributed by atoms with E-state index in [9.17, 15) is 8.42 Å². The number of piperidine rings is 1. The number of morpholine rings is 1. The van der Waals surface area contributed by atoms with E-state index in [1.54, 1.807) is 11.2 Å². The van der Waals surface area contributed by atoms with Crippen molar-refractivity contribution in [3.8, 4) is 0 Å². The molecule has 2 aliphatic heterocycles. The van der Waals surface area contributed by atoms with Gasteiger partial charge in [-0.2, -0.15) is 4.31 Å². The Labute approximate surface area is 135 Å². The van der Waals surface area contributed by atoms with Gasteiger partial charge in [-0.25, -0.2) is 8.42 Å². The van der Waals surface area contributed by atoms with Gasteiger partial charge in [0, 0.05) is 26.6 Å². The Morgan fingerprint density at radius 1 is 1.22 bits per heavy atom. The van der Waals surface area contributed by atoms with Crippen molar-refractivity contribution in [3.63, 3.8) is 0 Å². The molecule has 0 radical (unpaired) electrons. The highest BCUT2D eigenvalue weighted by molar-refractivity contribution is 7.90. The number of rotatable bonds is 3. The SMILES string of the molecule is Cc1nnc(N2CCCC3(C2)CN(S(=O)(=O)C2CC2)CCO3)o1. The van der Waals surface area contributed by atoms with Gasteiger partial charge in [0.1, 0.15) is 0 Å². The second-order valence-corrected chi connectivity index (χ2v) is 8.95. The summed E-state index contributed by atoms with van der Waals surface area (Å²) in [6, 6.07) is 0.493. The molecule has 0 N–H and O–H groups in total. The van der Waals surface area contributed by atoms with Gasteiger partial charge in [0.25, 0.3) is 0 Å². The average molecular weight is 342 g/mol. The Balaban J connectivity index is 1.52. The van der Waals surface area contributed by atoms with E-state index in [1.165, 1.54) is 0 Å². The molecule has 3 aliphatic rings. The molecular weight excluding hydrogens is 320 g/mol. The van der Waals surface area contributed by atoms with Crippen molar-refractivity contribution < 1.29 is 17.6 Å². The van der Waals surface area contributed by atoms with Crippen LogP contribution in [0.25, 0.3) is 0 Å². The number of nitrogens with zero attached hydrogens (tertiary/aromatic N) is 4. The number of aryl methyl sites for hydroxylation is 1. The van der Waals surface area contributed by atoms with Gasteiger partial charge >= 0.3 is 6.01 Å². The summed E-state index contributed by atoms with van der Waals surface area (Å²) < 4.78 is 38.3. The molecule has 23 heavy (non-hydrogen) atoms. The lowest BCUT2D eigenvalue weighted by atomic mass is 9.91. The van der Waals surface area contributed by atoms with Crippen molar-refractivity contribution in [1.29, 1.82) is 0 Å². The normalized spacial score (nSPS) is 30.0. The first kappa shape index (κ1) is 15.3. The maximum Gasteiger partial charge on any atom is 0.318 e. The van der Waals surface area contributed by atoms with Crippen LogP contribution in [0.1, 0.15) is 31.6 Å². The van der Waals surface area contributed by atoms with E-state index in [0.29, 0.717) is 38.1 Å². The van der Waals surface area contributed by atoms with Crippen LogP contribution in [0.15, 0.2) is 4.42 Å². The maximum atomic E-state index is 12.5. The van der Waals surface area contributed by atoms with Crippen LogP contribution in [0, 0.1) is 6.92 Å². The number of anilines is 1. The lowest BCUT2D eigenvalue weighted by Crippen LogP contribution is -2.61. The van der Waals surface area contributed by atoms with Crippen molar-refractivity contribution in [2.24, 2.45) is 0 Å². The highest BCUT2D eigenvalue weighted by atomic mass is 32.2. The van der Waals surface area contributed by atoms with Gasteiger partial charge in [-0.3, -0.25) is 0 Å². The molecule has 1 spiro atoms. The molecule has 1 aromatic rings. The van der Waals surface area contributed by atoms with Gasteiger partial charge < -0.3 is 14.1 Å². The summed E-state index contributed by atoms with van der Waals surface area (Å²) in [5, 5.41) is 7.78. The van der Waals surface area contributed by atoms with Crippen LogP contribution in [-0.4, -0.2) is 66.6 Å². The lowest BCUT2D eigenvalue weighted by molar-refractivity contribution is -0.0955. The van der Waals surface area contributed by atoms with E-state index < -0.39 is 15.6 Å². The first-order chi connectivity index (χ1) is 11.0. The second kappa shape index (κ2) is 5.42. The Hall–Kier alpha value is -1.19. The summed E-state index contributed by atoms with van der Waals surface area (Å²) in [6.07, 6.45) is 3.35. The highest BCUT2D eigenvalue weighted by Crippen LogP contribution is 2.36. The molecule has 3 heterocycles. The smallest absolute Gasteiger partial charge is 0.318 e. The molecule has 1 aliphatic carbocycles. The van der Waals surface area contributed by atoms with Crippen molar-refractivity contribution in [1.82, 2.24) is 14.5 Å². The van der Waals surface area contributed by atoms with Gasteiger partial charge in [0.15, 0.2) is 0 Å². The van der Waals surface area contributed by atoms with Crippen LogP contribution in [0.3, 0.4) is 0 Å². The van der Waals surface area contributed by atoms with Crippen LogP contribution in [0.5, 0.6) is 0 Å². The molecule has 9 heteroatoms. The monoisotopic (exact) mass is 342 g/mol. The molecule has 4 rings (SSSR count). The number of aromatic nitrogens is 2. The predicted molar refractivity (Wildman–Crippen MR) is 82.7 cm³/mol. The Morgan fingerprint density at radius 2 is 2.04 bits per heavy atom. The van der Waals surface area contributed by atoms with Gasteiger partial charge in [-0.1, -0.05) is 5.10 Å². The predicted octanol–water partition coefficient (Wildman–Crippen LogP) is 0.541. The van der Waals surface area contributed by atoms with Gasteiger partial charge in [0.05, 0.1) is 24.0 Å². The van der Waals surface area contributed by atoms with Crippen molar-refractivity contribution >= 4 is 16.0 Å². The van der Waals surface area contributed by atoms with Crippen LogP contribution < -0.4 is 4.90 Å². The topological polar surface area (TPSA) is 88.8 Å². The molecule has 2 saturated heterocycles. The summed E-state index contributed by atoms with van der Waals surface area (Å²) in [4.78, 5) is 2.01. The fourth-order valence-corrected chi connectivity index (χ4v) is 5.42. The van der Waals surface area contributed by atoms with E-state index in [-0.39, 0.29) is 5.25 Å². The number of ether oxygens (including phenoxy) is 1. The van der Waals surface area contributed by atoms with E-state index in [2.05, 4.69) is 10.2 Å². The summed E-state index contributed by atoms with van der Waals surface area (Å²) in [6.45, 7) is 4.50. The molecule has 8 nitrogen and oxygen atoms in total. The van der Waals surface area contributed by atoms with Crippen LogP contribution in [-0.2, 0) is 14.8 Å². The fourth-order valence-electron chi connectivity index (χ4n) is 3.53. The van der Waals surface area contributed by atoms with Crippen LogP contribution in [0.4, 0.5) is 6.01 Å². The Morgan fingerprint density at radius 3 is 2.74 bits per heavy atom. The standard InChI is InChI=1S/C14H22N4O4S/c1-11-15-16-13(22-11)17-6-2-5-14(9-17)10-18(7-8-21-14)23(19,20)12-3-4-12/h12H,2-10H2,1H3. The zero-order chi connectivity index (χ0) is 16.1. The van der Waals surface area contributed by atoms with Crippen LogP contribution in [0.2, 0.25) is 0 Å². The van der Waals surface area contributed by atoms with Crippen LogP contribution >= 0.6 is 0 Å². The summed E-state index contributed by atoms with van der Waals surface area (Å²) in [7, 11) is -3.16. The first-order valence-electron chi connectivity index (χ1n) is 8.17. The molecule has 1 saturated carbocycles. The molecule has 1 aromatic heterocycles. The number of hydrogen-bond acceptors (Lipinski definition) is 7. The third-order valence-corrected chi connectivity index (χ3v) is 7.19. The van der Waals surface area contributed by atoms with Gasteiger partial charge in [-0.15, -0.1) is 5.10 Å². The molecule has 128 valence electrons. The van der Waals surface area contributed by atoms with E-state index in [1.807, 2.05) is 4.90 Å². The third kappa shape index (κ3) is 2.85. The quantitative estimate of drug-likeness (QED) is 0.792. The zero-order valence-electron chi connectivity index (χ0n) is 13.3. The molecule has 0 amide bonds. The average Bonchev–Trinajstić information content (AvgIpc) is 3.30. The molecule has 0 aromatic carbocycles. The van der Waals surface area contributed by atoms with Gasteiger partial charge in [0.2, 0.25) is 15.9 Å². The summed E-state index contributed by atoms with van der Waals surface area (Å²) in [5.74, 6) is 0.530. The van der Waals surface area contributed by atoms with Crippen molar-refractivity contribution in [2.45, 2.75) is 43.5 Å². The molecule has 1 atom stereocenters. The van der Waals surface area contributed by atoms with E-state index >= 15 is 0 Å². The Kier molecular flexibility index (Phi) is 3.62.